The Morgan fingerprint density at radius 3 is 0.611 bits per heavy atom. The molecule has 0 atom stereocenters. The number of aryl methyl sites for hydroxylation is 8. The summed E-state index contributed by atoms with van der Waals surface area (Å²) in [6.45, 7) is 18.9. The van der Waals surface area contributed by atoms with Crippen molar-refractivity contribution in [2.45, 2.75) is 323 Å². The fourth-order valence-electron chi connectivity index (χ4n) is 16.2. The van der Waals surface area contributed by atoms with Crippen molar-refractivity contribution in [3.63, 3.8) is 0 Å². The van der Waals surface area contributed by atoms with Gasteiger partial charge in [-0.05, 0) is 238 Å². The second-order valence-electron chi connectivity index (χ2n) is 28.4. The van der Waals surface area contributed by atoms with E-state index in [0.29, 0.717) is 0 Å². The molecule has 0 bridgehead atoms. The topological polar surface area (TPSA) is 0 Å². The molecule has 0 unspecified atom stereocenters. The number of hydrogen-bond donors (Lipinski definition) is 0. The summed E-state index contributed by atoms with van der Waals surface area (Å²) in [5, 5.41) is 4.97. The summed E-state index contributed by atoms with van der Waals surface area (Å²) in [6, 6.07) is 43.6. The fraction of sp³-hybridized carbons (Fsp3) is 0.568. The van der Waals surface area contributed by atoms with Crippen molar-refractivity contribution in [2.75, 3.05) is 0 Å². The van der Waals surface area contributed by atoms with Crippen molar-refractivity contribution < 1.29 is 0 Å². The molecule has 0 spiro atoms. The zero-order valence-corrected chi connectivity index (χ0v) is 60.1. The smallest absolute Gasteiger partial charge is 0.0722 e. The number of thiophene rings is 2. The minimum atomic E-state index is -0.467. The van der Waals surface area contributed by atoms with Crippen LogP contribution in [-0.2, 0) is 62.2 Å². The summed E-state index contributed by atoms with van der Waals surface area (Å²) >= 11 is 4.06. The molecule has 2 aromatic heterocycles. The lowest BCUT2D eigenvalue weighted by Crippen LogP contribution is -2.31. The first-order valence-corrected chi connectivity index (χ1v) is 40.0. The maximum Gasteiger partial charge on any atom is 0.0722 e. The summed E-state index contributed by atoms with van der Waals surface area (Å²) in [6.07, 6.45) is 50.4. The highest BCUT2D eigenvalue weighted by molar-refractivity contribution is 7.14. The van der Waals surface area contributed by atoms with Gasteiger partial charge in [-0.25, -0.2) is 0 Å². The zero-order valence-electron chi connectivity index (χ0n) is 58.5. The van der Waals surface area contributed by atoms with Gasteiger partial charge in [-0.1, -0.05) is 282 Å². The molecule has 0 amide bonds. The Morgan fingerprint density at radius 2 is 0.422 bits per heavy atom. The Bertz CT molecular complexity index is 2780. The average molecular weight is 1240 g/mol. The molecule has 7 aromatic rings. The standard InChI is InChI=1S/C88H122S2/c1-9-17-25-33-41-67-53-68(42-34-26-18-10-2)58-75(57-67)87(76-59-69(43-35-27-19-11-3)54-70(60-76)44-36-28-20-12-4)81-49-51-89-85(81)79-66-84-80(65-83(79)87)86-82(50-52-90-86)88(84,77-61-71(45-37-29-21-13-5)55-72(62-77)46-38-30-22-14-6)78-63-73(47-39-31-23-15-7)56-74(64-78)48-40-32-24-16-8/h49-66H,9-48H2,1-8H3. The molecular formula is C88H122S2. The number of rotatable bonds is 44. The molecule has 2 heteroatoms. The fourth-order valence-corrected chi connectivity index (χ4v) is 18.2. The van der Waals surface area contributed by atoms with Gasteiger partial charge in [-0.2, -0.15) is 0 Å². The first-order valence-electron chi connectivity index (χ1n) is 38.2. The van der Waals surface area contributed by atoms with Crippen LogP contribution in [0.4, 0.5) is 0 Å². The lowest BCUT2D eigenvalue weighted by atomic mass is 9.64. The van der Waals surface area contributed by atoms with E-state index in [1.165, 1.54) is 271 Å². The van der Waals surface area contributed by atoms with Crippen LogP contribution in [-0.4, -0.2) is 0 Å². The third-order valence-corrected chi connectivity index (χ3v) is 23.0. The van der Waals surface area contributed by atoms with Crippen LogP contribution < -0.4 is 0 Å². The van der Waals surface area contributed by atoms with E-state index >= 15 is 0 Å². The molecule has 486 valence electrons. The summed E-state index contributed by atoms with van der Waals surface area (Å²) in [4.78, 5) is 2.99. The van der Waals surface area contributed by atoms with Crippen molar-refractivity contribution >= 4 is 22.7 Å². The van der Waals surface area contributed by atoms with E-state index in [9.17, 15) is 0 Å². The van der Waals surface area contributed by atoms with E-state index in [4.69, 9.17) is 0 Å². The molecule has 2 aliphatic carbocycles. The van der Waals surface area contributed by atoms with Crippen molar-refractivity contribution in [1.29, 1.82) is 0 Å². The second kappa shape index (κ2) is 36.2. The summed E-state index contributed by atoms with van der Waals surface area (Å²) in [5.74, 6) is 0. The number of unbranched alkanes of at least 4 members (excludes halogenated alkanes) is 24. The molecule has 0 fully saturated rings. The van der Waals surface area contributed by atoms with Gasteiger partial charge in [-0.3, -0.25) is 0 Å². The molecule has 90 heavy (non-hydrogen) atoms. The van der Waals surface area contributed by atoms with Gasteiger partial charge >= 0.3 is 0 Å². The first kappa shape index (κ1) is 69.8. The van der Waals surface area contributed by atoms with Gasteiger partial charge in [0.2, 0.25) is 0 Å². The van der Waals surface area contributed by atoms with E-state index in [2.05, 4.69) is 163 Å². The minimum Gasteiger partial charge on any atom is -0.143 e. The Labute approximate surface area is 559 Å². The molecule has 2 aliphatic rings. The largest absolute Gasteiger partial charge is 0.143 e. The van der Waals surface area contributed by atoms with Crippen LogP contribution in [0.2, 0.25) is 0 Å². The number of benzene rings is 5. The van der Waals surface area contributed by atoms with Crippen LogP contribution in [0.1, 0.15) is 350 Å². The third kappa shape index (κ3) is 16.9. The maximum absolute atomic E-state index is 2.86. The van der Waals surface area contributed by atoms with Crippen molar-refractivity contribution in [3.8, 4) is 20.9 Å². The number of fused-ring (bicyclic) bond motifs is 6. The Hall–Kier alpha value is -4.50. The lowest BCUT2D eigenvalue weighted by molar-refractivity contribution is 0.655. The van der Waals surface area contributed by atoms with E-state index in [0.717, 1.165) is 51.4 Å². The van der Waals surface area contributed by atoms with E-state index < -0.39 is 10.8 Å². The molecular weight excluding hydrogens is 1120 g/mol. The highest BCUT2D eigenvalue weighted by Gasteiger charge is 2.53. The lowest BCUT2D eigenvalue weighted by Gasteiger charge is -2.37. The summed E-state index contributed by atoms with van der Waals surface area (Å²) in [7, 11) is 0. The SMILES string of the molecule is CCCCCCc1cc(CCCCCC)cc(C2(c3cc(CCCCCC)cc(CCCCCC)c3)c3cc4c(cc3-c3sccc32)C(c2cc(CCCCCC)cc(CCCCCC)c2)(c2cc(CCCCCC)cc(CCCCCC)c2)c2ccsc2-4)c1. The molecule has 0 nitrogen and oxygen atoms in total. The minimum absolute atomic E-state index is 0.467. The first-order chi connectivity index (χ1) is 44.3. The highest BCUT2D eigenvalue weighted by Crippen LogP contribution is 2.65. The molecule has 0 N–H and O–H groups in total. The van der Waals surface area contributed by atoms with Crippen molar-refractivity contribution in [3.05, 3.63) is 197 Å². The van der Waals surface area contributed by atoms with Crippen molar-refractivity contribution in [1.82, 2.24) is 0 Å². The Balaban J connectivity index is 1.37. The van der Waals surface area contributed by atoms with Gasteiger partial charge in [0.05, 0.1) is 10.8 Å². The predicted octanol–water partition coefficient (Wildman–Crippen LogP) is 27.5. The van der Waals surface area contributed by atoms with Gasteiger partial charge in [0.15, 0.2) is 0 Å². The molecule has 5 aromatic carbocycles. The molecule has 0 radical (unpaired) electrons. The van der Waals surface area contributed by atoms with E-state index in [-0.39, 0.29) is 0 Å². The van der Waals surface area contributed by atoms with Gasteiger partial charge in [0.25, 0.3) is 0 Å². The van der Waals surface area contributed by atoms with Crippen LogP contribution >= 0.6 is 22.7 Å². The third-order valence-electron chi connectivity index (χ3n) is 21.1. The van der Waals surface area contributed by atoms with Crippen LogP contribution in [0.15, 0.2) is 108 Å². The number of hydrogen-bond acceptors (Lipinski definition) is 2. The molecule has 0 saturated carbocycles. The zero-order chi connectivity index (χ0) is 63.0. The normalized spacial score (nSPS) is 13.5. The van der Waals surface area contributed by atoms with Gasteiger partial charge in [0.1, 0.15) is 0 Å². The Kier molecular flexibility index (Phi) is 28.1. The average Bonchev–Trinajstić information content (AvgIpc) is 1.50. The molecule has 2 heterocycles. The quantitative estimate of drug-likeness (QED) is 0.0334. The van der Waals surface area contributed by atoms with Crippen LogP contribution in [0, 0.1) is 0 Å². The van der Waals surface area contributed by atoms with E-state index in [1.807, 2.05) is 22.7 Å². The monoisotopic (exact) mass is 1240 g/mol. The van der Waals surface area contributed by atoms with Gasteiger partial charge in [0, 0.05) is 9.75 Å². The summed E-state index contributed by atoms with van der Waals surface area (Å²) < 4.78 is 0. The second-order valence-corrected chi connectivity index (χ2v) is 30.2. The van der Waals surface area contributed by atoms with Crippen LogP contribution in [0.25, 0.3) is 20.9 Å². The van der Waals surface area contributed by atoms with E-state index in [1.54, 1.807) is 44.5 Å². The van der Waals surface area contributed by atoms with Gasteiger partial charge < -0.3 is 0 Å². The molecule has 0 aliphatic heterocycles. The maximum atomic E-state index is 2.86. The van der Waals surface area contributed by atoms with Crippen LogP contribution in [0.5, 0.6) is 0 Å². The van der Waals surface area contributed by atoms with Crippen molar-refractivity contribution in [2.24, 2.45) is 0 Å². The predicted molar refractivity (Wildman–Crippen MR) is 400 cm³/mol. The molecule has 0 saturated heterocycles. The van der Waals surface area contributed by atoms with Gasteiger partial charge in [-0.15, -0.1) is 22.7 Å². The highest BCUT2D eigenvalue weighted by atomic mass is 32.1. The molecule has 9 rings (SSSR count). The summed E-state index contributed by atoms with van der Waals surface area (Å²) in [5.41, 5.74) is 26.6. The van der Waals surface area contributed by atoms with Crippen LogP contribution in [0.3, 0.4) is 0 Å². The Morgan fingerprint density at radius 1 is 0.222 bits per heavy atom.